The molecule has 5 heteroatoms. The molecule has 0 saturated heterocycles. The van der Waals surface area contributed by atoms with Gasteiger partial charge in [0.25, 0.3) is 5.91 Å². The SMILES string of the molecule is CCOc1cccc(N)c1C(=O)Nc1ccc(C)c(Cl)c1. The Morgan fingerprint density at radius 3 is 2.76 bits per heavy atom. The van der Waals surface area contributed by atoms with E-state index in [0.29, 0.717) is 34.3 Å². The Hall–Kier alpha value is -2.20. The second-order valence-corrected chi connectivity index (χ2v) is 4.98. The first-order valence-electron chi connectivity index (χ1n) is 6.61. The fraction of sp³-hybridized carbons (Fsp3) is 0.188. The first kappa shape index (κ1) is 15.2. The summed E-state index contributed by atoms with van der Waals surface area (Å²) in [5.41, 5.74) is 8.16. The first-order valence-corrected chi connectivity index (χ1v) is 6.99. The van der Waals surface area contributed by atoms with Gasteiger partial charge in [-0.15, -0.1) is 0 Å². The van der Waals surface area contributed by atoms with Gasteiger partial charge in [-0.2, -0.15) is 0 Å². The molecule has 0 atom stereocenters. The van der Waals surface area contributed by atoms with Gasteiger partial charge in [0, 0.05) is 16.4 Å². The summed E-state index contributed by atoms with van der Waals surface area (Å²) in [6.07, 6.45) is 0. The number of hydrogen-bond acceptors (Lipinski definition) is 3. The van der Waals surface area contributed by atoms with Crippen molar-refractivity contribution in [3.63, 3.8) is 0 Å². The lowest BCUT2D eigenvalue weighted by molar-refractivity contribution is 0.102. The minimum Gasteiger partial charge on any atom is -0.493 e. The molecule has 21 heavy (non-hydrogen) atoms. The molecule has 1 amide bonds. The molecule has 0 bridgehead atoms. The Labute approximate surface area is 128 Å². The highest BCUT2D eigenvalue weighted by atomic mass is 35.5. The number of rotatable bonds is 4. The van der Waals surface area contributed by atoms with Crippen molar-refractivity contribution < 1.29 is 9.53 Å². The van der Waals surface area contributed by atoms with E-state index in [1.807, 2.05) is 19.9 Å². The Morgan fingerprint density at radius 1 is 1.33 bits per heavy atom. The van der Waals surface area contributed by atoms with E-state index in [-0.39, 0.29) is 5.91 Å². The molecule has 0 aromatic heterocycles. The van der Waals surface area contributed by atoms with Gasteiger partial charge in [-0.25, -0.2) is 0 Å². The lowest BCUT2D eigenvalue weighted by atomic mass is 10.1. The van der Waals surface area contributed by atoms with E-state index < -0.39 is 0 Å². The van der Waals surface area contributed by atoms with Crippen LogP contribution in [0.2, 0.25) is 5.02 Å². The molecule has 0 saturated carbocycles. The van der Waals surface area contributed by atoms with Crippen molar-refractivity contribution in [2.75, 3.05) is 17.7 Å². The van der Waals surface area contributed by atoms with E-state index in [4.69, 9.17) is 22.1 Å². The van der Waals surface area contributed by atoms with Gasteiger partial charge in [0.2, 0.25) is 0 Å². The fourth-order valence-corrected chi connectivity index (χ4v) is 2.11. The maximum Gasteiger partial charge on any atom is 0.261 e. The molecule has 3 N–H and O–H groups in total. The third-order valence-electron chi connectivity index (χ3n) is 3.02. The predicted octanol–water partition coefficient (Wildman–Crippen LogP) is 3.88. The number of amides is 1. The molecule has 110 valence electrons. The van der Waals surface area contributed by atoms with Crippen LogP contribution in [0.15, 0.2) is 36.4 Å². The molecule has 0 aliphatic heterocycles. The number of ether oxygens (including phenoxy) is 1. The monoisotopic (exact) mass is 304 g/mol. The molecule has 0 spiro atoms. The lowest BCUT2D eigenvalue weighted by Crippen LogP contribution is -2.16. The van der Waals surface area contributed by atoms with Gasteiger partial charge in [0.1, 0.15) is 11.3 Å². The summed E-state index contributed by atoms with van der Waals surface area (Å²) in [6.45, 7) is 4.21. The largest absolute Gasteiger partial charge is 0.493 e. The smallest absolute Gasteiger partial charge is 0.261 e. The summed E-state index contributed by atoms with van der Waals surface area (Å²) in [6, 6.07) is 10.5. The van der Waals surface area contributed by atoms with Crippen molar-refractivity contribution in [1.82, 2.24) is 0 Å². The van der Waals surface area contributed by atoms with E-state index >= 15 is 0 Å². The predicted molar refractivity (Wildman–Crippen MR) is 86.2 cm³/mol. The average molecular weight is 305 g/mol. The summed E-state index contributed by atoms with van der Waals surface area (Å²) in [7, 11) is 0. The number of carbonyl (C=O) groups excluding carboxylic acids is 1. The molecule has 2 aromatic rings. The second kappa shape index (κ2) is 6.50. The Balaban J connectivity index is 2.29. The molecule has 0 aliphatic carbocycles. The fourth-order valence-electron chi connectivity index (χ4n) is 1.93. The summed E-state index contributed by atoms with van der Waals surface area (Å²) < 4.78 is 5.45. The van der Waals surface area contributed by atoms with E-state index in [1.165, 1.54) is 0 Å². The van der Waals surface area contributed by atoms with E-state index in [1.54, 1.807) is 30.3 Å². The van der Waals surface area contributed by atoms with Crippen LogP contribution in [-0.4, -0.2) is 12.5 Å². The van der Waals surface area contributed by atoms with Gasteiger partial charge >= 0.3 is 0 Å². The van der Waals surface area contributed by atoms with E-state index in [9.17, 15) is 4.79 Å². The molecular weight excluding hydrogens is 288 g/mol. The highest BCUT2D eigenvalue weighted by molar-refractivity contribution is 6.31. The Bertz CT molecular complexity index is 671. The number of benzene rings is 2. The molecule has 2 aromatic carbocycles. The summed E-state index contributed by atoms with van der Waals surface area (Å²) in [5, 5.41) is 3.38. The Kier molecular flexibility index (Phi) is 4.70. The van der Waals surface area contributed by atoms with Crippen molar-refractivity contribution in [2.45, 2.75) is 13.8 Å². The maximum atomic E-state index is 12.4. The standard InChI is InChI=1S/C16H17ClN2O2/c1-3-21-14-6-4-5-13(18)15(14)16(20)19-11-8-7-10(2)12(17)9-11/h4-9H,3,18H2,1-2H3,(H,19,20). The van der Waals surface area contributed by atoms with Gasteiger partial charge in [0.15, 0.2) is 0 Å². The molecule has 0 aliphatic rings. The third kappa shape index (κ3) is 3.47. The maximum absolute atomic E-state index is 12.4. The van der Waals surface area contributed by atoms with Gasteiger partial charge in [-0.1, -0.05) is 23.7 Å². The number of carbonyl (C=O) groups is 1. The van der Waals surface area contributed by atoms with Gasteiger partial charge < -0.3 is 15.8 Å². The van der Waals surface area contributed by atoms with Crippen LogP contribution < -0.4 is 15.8 Å². The highest BCUT2D eigenvalue weighted by Crippen LogP contribution is 2.26. The van der Waals surface area contributed by atoms with Crippen LogP contribution in [0.1, 0.15) is 22.8 Å². The van der Waals surface area contributed by atoms with Crippen LogP contribution in [0, 0.1) is 6.92 Å². The van der Waals surface area contributed by atoms with Crippen LogP contribution in [0.25, 0.3) is 0 Å². The number of anilines is 2. The average Bonchev–Trinajstić information content (AvgIpc) is 2.43. The first-order chi connectivity index (χ1) is 10.0. The zero-order valence-electron chi connectivity index (χ0n) is 11.9. The van der Waals surface area contributed by atoms with Gasteiger partial charge in [-0.05, 0) is 43.7 Å². The summed E-state index contributed by atoms with van der Waals surface area (Å²) >= 11 is 6.05. The summed E-state index contributed by atoms with van der Waals surface area (Å²) in [5.74, 6) is 0.143. The molecule has 0 radical (unpaired) electrons. The number of nitrogens with two attached hydrogens (primary N) is 1. The highest BCUT2D eigenvalue weighted by Gasteiger charge is 2.16. The summed E-state index contributed by atoms with van der Waals surface area (Å²) in [4.78, 5) is 12.4. The zero-order chi connectivity index (χ0) is 15.4. The minimum absolute atomic E-state index is 0.323. The minimum atomic E-state index is -0.323. The second-order valence-electron chi connectivity index (χ2n) is 4.57. The van der Waals surface area contributed by atoms with Crippen molar-refractivity contribution in [1.29, 1.82) is 0 Å². The van der Waals surface area contributed by atoms with Crippen LogP contribution in [0.5, 0.6) is 5.75 Å². The van der Waals surface area contributed by atoms with Crippen molar-refractivity contribution >= 4 is 28.9 Å². The molecular formula is C16H17ClN2O2. The number of nitrogen functional groups attached to an aromatic ring is 1. The van der Waals surface area contributed by atoms with Gasteiger partial charge in [-0.3, -0.25) is 4.79 Å². The Morgan fingerprint density at radius 2 is 2.10 bits per heavy atom. The van der Waals surface area contributed by atoms with Crippen LogP contribution in [0.4, 0.5) is 11.4 Å². The van der Waals surface area contributed by atoms with Crippen LogP contribution >= 0.6 is 11.6 Å². The third-order valence-corrected chi connectivity index (χ3v) is 3.42. The number of hydrogen-bond donors (Lipinski definition) is 2. The molecule has 0 unspecified atom stereocenters. The molecule has 4 nitrogen and oxygen atoms in total. The number of nitrogens with one attached hydrogen (secondary N) is 1. The van der Waals surface area contributed by atoms with Crippen molar-refractivity contribution in [3.05, 3.63) is 52.5 Å². The quantitative estimate of drug-likeness (QED) is 0.842. The number of aryl methyl sites for hydroxylation is 1. The van der Waals surface area contributed by atoms with Crippen molar-refractivity contribution in [3.8, 4) is 5.75 Å². The lowest BCUT2D eigenvalue weighted by Gasteiger charge is -2.13. The van der Waals surface area contributed by atoms with Crippen molar-refractivity contribution in [2.24, 2.45) is 0 Å². The van der Waals surface area contributed by atoms with E-state index in [2.05, 4.69) is 5.32 Å². The topological polar surface area (TPSA) is 64.3 Å². The zero-order valence-corrected chi connectivity index (χ0v) is 12.7. The van der Waals surface area contributed by atoms with Crippen LogP contribution in [0.3, 0.4) is 0 Å². The molecule has 2 rings (SSSR count). The molecule has 0 heterocycles. The van der Waals surface area contributed by atoms with E-state index in [0.717, 1.165) is 5.56 Å². The van der Waals surface area contributed by atoms with Crippen LogP contribution in [-0.2, 0) is 0 Å². The normalized spacial score (nSPS) is 10.2. The number of halogens is 1. The van der Waals surface area contributed by atoms with Gasteiger partial charge in [0.05, 0.1) is 6.61 Å². The molecule has 0 fully saturated rings.